The molecule has 0 bridgehead atoms. The standard InChI is InChI=1S/C15H21NOS/c1-2-3-8-16(9-10-17)11-13-12-18-15-7-5-4-6-14(13)15/h4-7,12,17H,2-3,8-11H2,1H3. The Hall–Kier alpha value is -0.900. The van der Waals surface area contributed by atoms with Crippen LogP contribution >= 0.6 is 11.3 Å². The third-order valence-electron chi connectivity index (χ3n) is 3.20. The molecule has 1 heterocycles. The molecule has 0 aliphatic heterocycles. The lowest BCUT2D eigenvalue weighted by Gasteiger charge is -2.20. The lowest BCUT2D eigenvalue weighted by atomic mass is 10.1. The van der Waals surface area contributed by atoms with Crippen molar-refractivity contribution < 1.29 is 5.11 Å². The molecule has 0 aliphatic carbocycles. The second kappa shape index (κ2) is 6.88. The van der Waals surface area contributed by atoms with Crippen LogP contribution in [0.5, 0.6) is 0 Å². The molecule has 2 aromatic rings. The summed E-state index contributed by atoms with van der Waals surface area (Å²) >= 11 is 1.81. The highest BCUT2D eigenvalue weighted by atomic mass is 32.1. The van der Waals surface area contributed by atoms with Gasteiger partial charge in [-0.25, -0.2) is 0 Å². The number of thiophene rings is 1. The van der Waals surface area contributed by atoms with Gasteiger partial charge in [-0.15, -0.1) is 11.3 Å². The molecule has 3 heteroatoms. The van der Waals surface area contributed by atoms with Crippen LogP contribution in [0.3, 0.4) is 0 Å². The maximum atomic E-state index is 9.14. The molecule has 0 radical (unpaired) electrons. The van der Waals surface area contributed by atoms with Crippen LogP contribution in [0.25, 0.3) is 10.1 Å². The molecular weight excluding hydrogens is 242 g/mol. The first-order valence-electron chi connectivity index (χ1n) is 6.63. The third-order valence-corrected chi connectivity index (χ3v) is 4.21. The molecule has 0 saturated heterocycles. The fourth-order valence-corrected chi connectivity index (χ4v) is 3.14. The van der Waals surface area contributed by atoms with Crippen molar-refractivity contribution in [1.29, 1.82) is 0 Å². The van der Waals surface area contributed by atoms with E-state index in [-0.39, 0.29) is 6.61 Å². The van der Waals surface area contributed by atoms with Crippen molar-refractivity contribution in [3.63, 3.8) is 0 Å². The molecule has 0 fully saturated rings. The van der Waals surface area contributed by atoms with Gasteiger partial charge in [0.2, 0.25) is 0 Å². The van der Waals surface area contributed by atoms with Gasteiger partial charge in [-0.05, 0) is 35.4 Å². The van der Waals surface area contributed by atoms with E-state index in [1.165, 1.54) is 28.5 Å². The Morgan fingerprint density at radius 1 is 1.22 bits per heavy atom. The monoisotopic (exact) mass is 263 g/mol. The number of benzene rings is 1. The Labute approximate surface area is 113 Å². The maximum absolute atomic E-state index is 9.14. The minimum atomic E-state index is 0.242. The Morgan fingerprint density at radius 3 is 2.83 bits per heavy atom. The van der Waals surface area contributed by atoms with Crippen molar-refractivity contribution in [3.05, 3.63) is 35.2 Å². The summed E-state index contributed by atoms with van der Waals surface area (Å²) < 4.78 is 1.35. The minimum absolute atomic E-state index is 0.242. The Bertz CT molecular complexity index is 480. The van der Waals surface area contributed by atoms with Crippen LogP contribution < -0.4 is 0 Å². The van der Waals surface area contributed by atoms with E-state index in [1.807, 2.05) is 11.3 Å². The van der Waals surface area contributed by atoms with Gasteiger partial charge < -0.3 is 5.11 Å². The van der Waals surface area contributed by atoms with Gasteiger partial charge in [-0.3, -0.25) is 4.90 Å². The van der Waals surface area contributed by atoms with Gasteiger partial charge >= 0.3 is 0 Å². The first-order valence-corrected chi connectivity index (χ1v) is 7.51. The van der Waals surface area contributed by atoms with E-state index in [1.54, 1.807) is 0 Å². The Balaban J connectivity index is 2.10. The van der Waals surface area contributed by atoms with E-state index in [2.05, 4.69) is 41.5 Å². The number of aliphatic hydroxyl groups is 1. The third kappa shape index (κ3) is 3.31. The van der Waals surface area contributed by atoms with Crippen molar-refractivity contribution in [2.24, 2.45) is 0 Å². The predicted molar refractivity (Wildman–Crippen MR) is 79.1 cm³/mol. The van der Waals surface area contributed by atoms with Gasteiger partial charge in [-0.2, -0.15) is 0 Å². The highest BCUT2D eigenvalue weighted by Crippen LogP contribution is 2.26. The molecule has 2 nitrogen and oxygen atoms in total. The summed E-state index contributed by atoms with van der Waals surface area (Å²) in [5, 5.41) is 12.8. The summed E-state index contributed by atoms with van der Waals surface area (Å²) in [7, 11) is 0. The lowest BCUT2D eigenvalue weighted by molar-refractivity contribution is 0.189. The van der Waals surface area contributed by atoms with E-state index >= 15 is 0 Å². The molecule has 1 N–H and O–H groups in total. The highest BCUT2D eigenvalue weighted by Gasteiger charge is 2.09. The minimum Gasteiger partial charge on any atom is -0.395 e. The Morgan fingerprint density at radius 2 is 2.06 bits per heavy atom. The molecule has 0 atom stereocenters. The van der Waals surface area contributed by atoms with Crippen LogP contribution in [-0.4, -0.2) is 29.7 Å². The summed E-state index contributed by atoms with van der Waals surface area (Å²) in [5.74, 6) is 0. The molecule has 1 aromatic heterocycles. The normalized spacial score (nSPS) is 11.5. The molecule has 0 saturated carbocycles. The van der Waals surface area contributed by atoms with Gasteiger partial charge in [0.1, 0.15) is 0 Å². The number of hydrogen-bond donors (Lipinski definition) is 1. The topological polar surface area (TPSA) is 23.5 Å². The zero-order valence-corrected chi connectivity index (χ0v) is 11.7. The predicted octanol–water partition coefficient (Wildman–Crippen LogP) is 3.50. The fourth-order valence-electron chi connectivity index (χ4n) is 2.19. The number of hydrogen-bond acceptors (Lipinski definition) is 3. The largest absolute Gasteiger partial charge is 0.395 e. The molecule has 2 rings (SSSR count). The molecule has 0 unspecified atom stereocenters. The molecular formula is C15H21NOS. The van der Waals surface area contributed by atoms with Crippen LogP contribution in [0.15, 0.2) is 29.6 Å². The molecule has 18 heavy (non-hydrogen) atoms. The smallest absolute Gasteiger partial charge is 0.0558 e. The second-order valence-corrected chi connectivity index (χ2v) is 5.52. The summed E-state index contributed by atoms with van der Waals surface area (Å²) in [5.41, 5.74) is 1.39. The van der Waals surface area contributed by atoms with E-state index in [0.717, 1.165) is 19.6 Å². The average Bonchev–Trinajstić information content (AvgIpc) is 2.80. The molecule has 0 aliphatic rings. The Kier molecular flexibility index (Phi) is 5.17. The van der Waals surface area contributed by atoms with Crippen LogP contribution in [0.4, 0.5) is 0 Å². The van der Waals surface area contributed by atoms with Crippen molar-refractivity contribution in [2.75, 3.05) is 19.7 Å². The summed E-state index contributed by atoms with van der Waals surface area (Å²) in [6.07, 6.45) is 2.40. The summed E-state index contributed by atoms with van der Waals surface area (Å²) in [6.45, 7) is 5.23. The number of rotatable bonds is 7. The number of unbranched alkanes of at least 4 members (excludes halogenated alkanes) is 1. The first-order chi connectivity index (χ1) is 8.85. The molecule has 98 valence electrons. The SMILES string of the molecule is CCCCN(CCO)Cc1csc2ccccc12. The first kappa shape index (κ1) is 13.5. The van der Waals surface area contributed by atoms with E-state index in [4.69, 9.17) is 5.11 Å². The van der Waals surface area contributed by atoms with Gasteiger partial charge in [0.25, 0.3) is 0 Å². The quantitative estimate of drug-likeness (QED) is 0.826. The van der Waals surface area contributed by atoms with Crippen molar-refractivity contribution in [2.45, 2.75) is 26.3 Å². The average molecular weight is 263 g/mol. The lowest BCUT2D eigenvalue weighted by Crippen LogP contribution is -2.27. The maximum Gasteiger partial charge on any atom is 0.0558 e. The van der Waals surface area contributed by atoms with Crippen LogP contribution in [0.2, 0.25) is 0 Å². The number of aliphatic hydroxyl groups excluding tert-OH is 1. The van der Waals surface area contributed by atoms with Gasteiger partial charge in [-0.1, -0.05) is 31.5 Å². The van der Waals surface area contributed by atoms with E-state index in [9.17, 15) is 0 Å². The molecule has 1 aromatic carbocycles. The van der Waals surface area contributed by atoms with Crippen LogP contribution in [-0.2, 0) is 6.54 Å². The van der Waals surface area contributed by atoms with E-state index in [0.29, 0.717) is 0 Å². The van der Waals surface area contributed by atoms with Crippen LogP contribution in [0, 0.1) is 0 Å². The van der Waals surface area contributed by atoms with E-state index < -0.39 is 0 Å². The van der Waals surface area contributed by atoms with Crippen molar-refractivity contribution >= 4 is 21.4 Å². The van der Waals surface area contributed by atoms with Gasteiger partial charge in [0.05, 0.1) is 6.61 Å². The van der Waals surface area contributed by atoms with Crippen molar-refractivity contribution in [1.82, 2.24) is 4.90 Å². The molecule has 0 amide bonds. The summed E-state index contributed by atoms with van der Waals surface area (Å²) in [6, 6.07) is 8.55. The zero-order valence-electron chi connectivity index (χ0n) is 10.9. The second-order valence-electron chi connectivity index (χ2n) is 4.61. The zero-order chi connectivity index (χ0) is 12.8. The molecule has 0 spiro atoms. The fraction of sp³-hybridized carbons (Fsp3) is 0.467. The number of nitrogens with zero attached hydrogens (tertiary/aromatic N) is 1. The summed E-state index contributed by atoms with van der Waals surface area (Å²) in [4.78, 5) is 2.35. The van der Waals surface area contributed by atoms with Crippen molar-refractivity contribution in [3.8, 4) is 0 Å². The highest BCUT2D eigenvalue weighted by molar-refractivity contribution is 7.17. The van der Waals surface area contributed by atoms with Gasteiger partial charge in [0, 0.05) is 17.8 Å². The van der Waals surface area contributed by atoms with Crippen LogP contribution in [0.1, 0.15) is 25.3 Å². The number of fused-ring (bicyclic) bond motifs is 1. The van der Waals surface area contributed by atoms with Gasteiger partial charge in [0.15, 0.2) is 0 Å².